The first-order valence-electron chi connectivity index (χ1n) is 12.7. The Bertz CT molecular complexity index is 1670. The molecule has 4 aromatic heterocycles. The number of ether oxygens (including phenoxy) is 1. The second kappa shape index (κ2) is 10.0. The van der Waals surface area contributed by atoms with Crippen LogP contribution in [0.3, 0.4) is 0 Å². The van der Waals surface area contributed by atoms with Crippen molar-refractivity contribution in [3.8, 4) is 11.8 Å². The van der Waals surface area contributed by atoms with Gasteiger partial charge in [-0.05, 0) is 50.5 Å². The molecule has 1 fully saturated rings. The lowest BCUT2D eigenvalue weighted by atomic mass is 10.0. The van der Waals surface area contributed by atoms with E-state index in [1.807, 2.05) is 6.07 Å². The van der Waals surface area contributed by atoms with Gasteiger partial charge in [-0.25, -0.2) is 19.7 Å². The summed E-state index contributed by atoms with van der Waals surface area (Å²) < 4.78 is 5.79. The number of anilines is 3. The summed E-state index contributed by atoms with van der Waals surface area (Å²) in [7, 11) is 0. The average molecular weight is 556 g/mol. The van der Waals surface area contributed by atoms with Crippen LogP contribution in [0.2, 0.25) is 0 Å². The molecule has 202 valence electrons. The molecule has 0 aromatic carbocycles. The van der Waals surface area contributed by atoms with Crippen LogP contribution in [0, 0.1) is 6.92 Å². The van der Waals surface area contributed by atoms with Crippen LogP contribution in [0.4, 0.5) is 21.9 Å². The molecule has 0 saturated heterocycles. The minimum absolute atomic E-state index is 0.248. The molecule has 11 nitrogen and oxygen atoms in total. The summed E-state index contributed by atoms with van der Waals surface area (Å²) in [6.07, 6.45) is 6.52. The van der Waals surface area contributed by atoms with Crippen molar-refractivity contribution >= 4 is 56.5 Å². The minimum Gasteiger partial charge on any atom is -0.421 e. The highest BCUT2D eigenvalue weighted by molar-refractivity contribution is 7.21. The number of urea groups is 1. The molecular formula is C28H25N7O4S. The molecule has 2 atom stereocenters. The zero-order valence-electron chi connectivity index (χ0n) is 21.5. The summed E-state index contributed by atoms with van der Waals surface area (Å²) in [5.41, 5.74) is 7.89. The second-order valence-electron chi connectivity index (χ2n) is 9.48. The molecule has 0 radical (unpaired) electrons. The molecule has 2 aliphatic rings. The average Bonchev–Trinajstić information content (AvgIpc) is 3.56. The van der Waals surface area contributed by atoms with Gasteiger partial charge in [0.1, 0.15) is 9.71 Å². The molecule has 1 saturated carbocycles. The van der Waals surface area contributed by atoms with Crippen LogP contribution in [-0.2, 0) is 4.79 Å². The van der Waals surface area contributed by atoms with Crippen LogP contribution >= 0.6 is 11.3 Å². The van der Waals surface area contributed by atoms with Gasteiger partial charge in [-0.1, -0.05) is 12.6 Å². The third-order valence-corrected chi connectivity index (χ3v) is 8.19. The van der Waals surface area contributed by atoms with Gasteiger partial charge in [-0.15, -0.1) is 11.3 Å². The third-order valence-electron chi connectivity index (χ3n) is 7.09. The van der Waals surface area contributed by atoms with E-state index in [1.165, 1.54) is 6.08 Å². The Labute approximate surface area is 233 Å². The lowest BCUT2D eigenvalue weighted by Crippen LogP contribution is -2.55. The fourth-order valence-electron chi connectivity index (χ4n) is 5.42. The quantitative estimate of drug-likeness (QED) is 0.318. The van der Waals surface area contributed by atoms with Crippen molar-refractivity contribution in [2.24, 2.45) is 5.73 Å². The zero-order chi connectivity index (χ0) is 28.0. The van der Waals surface area contributed by atoms with Crippen molar-refractivity contribution in [2.75, 3.05) is 9.80 Å². The van der Waals surface area contributed by atoms with Crippen molar-refractivity contribution in [3.05, 3.63) is 72.0 Å². The Kier molecular flexibility index (Phi) is 6.39. The fraction of sp³-hybridized carbons (Fsp3) is 0.214. The van der Waals surface area contributed by atoms with Crippen molar-refractivity contribution in [2.45, 2.75) is 38.3 Å². The van der Waals surface area contributed by atoms with Gasteiger partial charge >= 0.3 is 6.03 Å². The number of nitrogens with two attached hydrogens (primary N) is 1. The molecule has 0 spiro atoms. The van der Waals surface area contributed by atoms with Crippen molar-refractivity contribution in [3.63, 3.8) is 0 Å². The van der Waals surface area contributed by atoms with Crippen LogP contribution in [-0.4, -0.2) is 44.9 Å². The summed E-state index contributed by atoms with van der Waals surface area (Å²) in [6.45, 7) is 5.34. The predicted octanol–water partition coefficient (Wildman–Crippen LogP) is 4.59. The number of aryl methyl sites for hydroxylation is 1. The van der Waals surface area contributed by atoms with Gasteiger partial charge in [-0.2, -0.15) is 0 Å². The molecule has 3 N–H and O–H groups in total. The maximum Gasteiger partial charge on any atom is 0.334 e. The smallest absolute Gasteiger partial charge is 0.334 e. The maximum atomic E-state index is 14.5. The predicted molar refractivity (Wildman–Crippen MR) is 151 cm³/mol. The number of nitrogens with one attached hydrogen (secondary N) is 1. The number of carbonyl (C=O) groups is 3. The number of hydrogen-bond acceptors (Lipinski definition) is 8. The molecule has 1 aliphatic heterocycles. The van der Waals surface area contributed by atoms with E-state index in [9.17, 15) is 14.4 Å². The van der Waals surface area contributed by atoms with Gasteiger partial charge in [0.25, 0.3) is 5.91 Å². The van der Waals surface area contributed by atoms with E-state index < -0.39 is 11.9 Å². The number of aromatic nitrogens is 3. The first kappa shape index (κ1) is 25.4. The largest absolute Gasteiger partial charge is 0.421 e. The van der Waals surface area contributed by atoms with Crippen LogP contribution in [0.15, 0.2) is 61.4 Å². The molecule has 1 aliphatic carbocycles. The number of carbonyl (C=O) groups excluding carboxylic acids is 3. The summed E-state index contributed by atoms with van der Waals surface area (Å²) in [5.74, 6) is -0.242. The number of thiophene rings is 1. The van der Waals surface area contributed by atoms with E-state index in [4.69, 9.17) is 10.5 Å². The van der Waals surface area contributed by atoms with E-state index in [-0.39, 0.29) is 22.9 Å². The van der Waals surface area contributed by atoms with Crippen LogP contribution in [0.5, 0.6) is 11.8 Å². The van der Waals surface area contributed by atoms with Crippen molar-refractivity contribution in [1.29, 1.82) is 0 Å². The van der Waals surface area contributed by atoms with Gasteiger partial charge in [0.2, 0.25) is 17.7 Å². The van der Waals surface area contributed by atoms with Gasteiger partial charge < -0.3 is 15.8 Å². The molecule has 12 heteroatoms. The van der Waals surface area contributed by atoms with Crippen LogP contribution < -0.4 is 25.6 Å². The molecule has 4 aromatic rings. The molecule has 6 rings (SSSR count). The maximum absolute atomic E-state index is 14.5. The Morgan fingerprint density at radius 3 is 2.70 bits per heavy atom. The van der Waals surface area contributed by atoms with Crippen molar-refractivity contribution < 1.29 is 19.1 Å². The third kappa shape index (κ3) is 4.22. The number of primary amides is 1. The highest BCUT2D eigenvalue weighted by Crippen LogP contribution is 2.50. The highest BCUT2D eigenvalue weighted by atomic mass is 32.1. The molecule has 40 heavy (non-hydrogen) atoms. The van der Waals surface area contributed by atoms with Gasteiger partial charge in [-0.3, -0.25) is 19.4 Å². The van der Waals surface area contributed by atoms with Crippen LogP contribution in [0.1, 0.15) is 34.6 Å². The van der Waals surface area contributed by atoms with Gasteiger partial charge in [0.15, 0.2) is 0 Å². The topological polar surface area (TPSA) is 144 Å². The number of nitrogens with zero attached hydrogens (tertiary/aromatic N) is 5. The molecule has 4 amide bonds. The Hall–Kier alpha value is -4.84. The first-order valence-corrected chi connectivity index (χ1v) is 13.5. The SMILES string of the molecule is C=CC(=O)N[C@H]1CCC[C@H]1N1C(=O)N(c2ccc(Oc3ccccn3)nc2C)c2ccnc3sc(C(N)=O)c1c23. The monoisotopic (exact) mass is 555 g/mol. The van der Waals surface area contributed by atoms with Crippen molar-refractivity contribution in [1.82, 2.24) is 20.3 Å². The summed E-state index contributed by atoms with van der Waals surface area (Å²) in [5, 5.41) is 3.61. The second-order valence-corrected chi connectivity index (χ2v) is 10.5. The normalized spacial score (nSPS) is 18.2. The summed E-state index contributed by atoms with van der Waals surface area (Å²) in [4.78, 5) is 56.6. The van der Waals surface area contributed by atoms with E-state index in [0.29, 0.717) is 57.6 Å². The lowest BCUT2D eigenvalue weighted by molar-refractivity contribution is -0.117. The van der Waals surface area contributed by atoms with E-state index >= 15 is 0 Å². The Morgan fingerprint density at radius 1 is 1.12 bits per heavy atom. The highest BCUT2D eigenvalue weighted by Gasteiger charge is 2.45. The number of pyridine rings is 3. The zero-order valence-corrected chi connectivity index (χ0v) is 22.4. The number of amides is 4. The molecule has 0 unspecified atom stereocenters. The Balaban J connectivity index is 1.49. The fourth-order valence-corrected chi connectivity index (χ4v) is 6.43. The van der Waals surface area contributed by atoms with E-state index in [1.54, 1.807) is 59.4 Å². The van der Waals surface area contributed by atoms with Gasteiger partial charge in [0, 0.05) is 24.5 Å². The van der Waals surface area contributed by atoms with Crippen LogP contribution in [0.25, 0.3) is 10.2 Å². The van der Waals surface area contributed by atoms with E-state index in [2.05, 4.69) is 26.8 Å². The molecule has 0 bridgehead atoms. The minimum atomic E-state index is -0.645. The molecule has 5 heterocycles. The lowest BCUT2D eigenvalue weighted by Gasteiger charge is -2.41. The summed E-state index contributed by atoms with van der Waals surface area (Å²) in [6, 6.07) is 9.37. The molecular weight excluding hydrogens is 530 g/mol. The van der Waals surface area contributed by atoms with E-state index in [0.717, 1.165) is 17.8 Å². The number of hydrogen-bond donors (Lipinski definition) is 2. The first-order chi connectivity index (χ1) is 19.4. The standard InChI is InChI=1S/C28H25N7O4S/c1-3-20(36)33-16-7-6-8-18(16)35-24-23-19(12-14-31-27(23)40-25(24)26(29)37)34(28(35)38)17-10-11-22(32-15(17)2)39-21-9-4-5-13-30-21/h3-5,9-14,16,18H,1,6-8H2,2H3,(H2,29,37)(H,33,36)/t16-,18+/m0/s1. The summed E-state index contributed by atoms with van der Waals surface area (Å²) >= 11 is 1.15. The van der Waals surface area contributed by atoms with Gasteiger partial charge in [0.05, 0.1) is 40.2 Å². The Morgan fingerprint density at radius 2 is 1.98 bits per heavy atom. The number of rotatable bonds is 7.